The Kier molecular flexibility index (Phi) is 2.63. The minimum atomic E-state index is 0.525. The zero-order valence-corrected chi connectivity index (χ0v) is 10.4. The topological polar surface area (TPSA) is 63.8 Å². The van der Waals surface area contributed by atoms with E-state index < -0.39 is 0 Å². The highest BCUT2D eigenvalue weighted by atomic mass is 15.1. The summed E-state index contributed by atoms with van der Waals surface area (Å²) in [5, 5.41) is 3.24. The average Bonchev–Trinajstić information content (AvgIpc) is 3.15. The highest BCUT2D eigenvalue weighted by Gasteiger charge is 2.22. The SMILES string of the molecule is Cc1ccc(-c2cnc(NC3CC3)nc2N)cc1. The number of nitrogen functional groups attached to an aromatic ring is 1. The Hall–Kier alpha value is -2.10. The van der Waals surface area contributed by atoms with E-state index in [0.29, 0.717) is 17.8 Å². The Morgan fingerprint density at radius 1 is 1.22 bits per heavy atom. The van der Waals surface area contributed by atoms with Gasteiger partial charge >= 0.3 is 0 Å². The Bertz CT molecular complexity index is 559. The summed E-state index contributed by atoms with van der Waals surface area (Å²) in [5.41, 5.74) is 9.16. The minimum Gasteiger partial charge on any atom is -0.383 e. The molecule has 4 nitrogen and oxygen atoms in total. The zero-order chi connectivity index (χ0) is 12.5. The number of hydrogen-bond acceptors (Lipinski definition) is 4. The molecule has 92 valence electrons. The molecule has 0 unspecified atom stereocenters. The third kappa shape index (κ3) is 2.27. The molecule has 4 heteroatoms. The molecule has 1 aliphatic carbocycles. The molecule has 0 amide bonds. The number of hydrogen-bond donors (Lipinski definition) is 2. The fourth-order valence-electron chi connectivity index (χ4n) is 1.83. The quantitative estimate of drug-likeness (QED) is 0.865. The van der Waals surface area contributed by atoms with Crippen LogP contribution in [-0.4, -0.2) is 16.0 Å². The molecule has 1 heterocycles. The lowest BCUT2D eigenvalue weighted by Gasteiger charge is -2.08. The Morgan fingerprint density at radius 3 is 2.56 bits per heavy atom. The van der Waals surface area contributed by atoms with Crippen molar-refractivity contribution in [1.29, 1.82) is 0 Å². The van der Waals surface area contributed by atoms with Crippen molar-refractivity contribution in [3.05, 3.63) is 36.0 Å². The highest BCUT2D eigenvalue weighted by molar-refractivity contribution is 5.73. The summed E-state index contributed by atoms with van der Waals surface area (Å²) in [5.74, 6) is 1.16. The highest BCUT2D eigenvalue weighted by Crippen LogP contribution is 2.27. The first-order chi connectivity index (χ1) is 8.72. The molecule has 3 rings (SSSR count). The molecule has 1 aliphatic rings. The van der Waals surface area contributed by atoms with E-state index in [1.807, 2.05) is 12.1 Å². The molecule has 0 radical (unpaired) electrons. The number of aromatic nitrogens is 2. The fourth-order valence-corrected chi connectivity index (χ4v) is 1.83. The lowest BCUT2D eigenvalue weighted by atomic mass is 10.1. The third-order valence-electron chi connectivity index (χ3n) is 3.09. The summed E-state index contributed by atoms with van der Waals surface area (Å²) >= 11 is 0. The Morgan fingerprint density at radius 2 is 1.94 bits per heavy atom. The number of aryl methyl sites for hydroxylation is 1. The van der Waals surface area contributed by atoms with Gasteiger partial charge in [-0.1, -0.05) is 29.8 Å². The summed E-state index contributed by atoms with van der Waals surface area (Å²) in [4.78, 5) is 8.62. The van der Waals surface area contributed by atoms with Gasteiger partial charge in [-0.25, -0.2) is 4.98 Å². The third-order valence-corrected chi connectivity index (χ3v) is 3.09. The van der Waals surface area contributed by atoms with Crippen LogP contribution in [0.3, 0.4) is 0 Å². The first-order valence-electron chi connectivity index (χ1n) is 6.18. The maximum Gasteiger partial charge on any atom is 0.224 e. The fraction of sp³-hybridized carbons (Fsp3) is 0.286. The molecule has 0 bridgehead atoms. The summed E-state index contributed by atoms with van der Waals surface area (Å²) < 4.78 is 0. The van der Waals surface area contributed by atoms with Crippen molar-refractivity contribution in [3.63, 3.8) is 0 Å². The van der Waals surface area contributed by atoms with Crippen LogP contribution in [0.2, 0.25) is 0 Å². The van der Waals surface area contributed by atoms with E-state index in [4.69, 9.17) is 5.73 Å². The van der Waals surface area contributed by atoms with E-state index in [2.05, 4.69) is 34.3 Å². The second kappa shape index (κ2) is 4.29. The summed E-state index contributed by atoms with van der Waals surface area (Å²) in [6.07, 6.45) is 4.18. The molecule has 18 heavy (non-hydrogen) atoms. The van der Waals surface area contributed by atoms with Crippen molar-refractivity contribution < 1.29 is 0 Å². The van der Waals surface area contributed by atoms with E-state index >= 15 is 0 Å². The normalized spacial score (nSPS) is 14.5. The first-order valence-corrected chi connectivity index (χ1v) is 6.18. The molecule has 1 fully saturated rings. The van der Waals surface area contributed by atoms with Gasteiger partial charge in [-0.05, 0) is 25.3 Å². The van der Waals surface area contributed by atoms with Crippen LogP contribution < -0.4 is 11.1 Å². The lowest BCUT2D eigenvalue weighted by molar-refractivity contribution is 1.06. The molecular weight excluding hydrogens is 224 g/mol. The Balaban J connectivity index is 1.89. The second-order valence-electron chi connectivity index (χ2n) is 4.78. The van der Waals surface area contributed by atoms with Gasteiger partial charge in [0.2, 0.25) is 5.95 Å². The van der Waals surface area contributed by atoms with Gasteiger partial charge in [0, 0.05) is 17.8 Å². The molecule has 1 saturated carbocycles. The smallest absolute Gasteiger partial charge is 0.224 e. The maximum atomic E-state index is 6.00. The van der Waals surface area contributed by atoms with E-state index in [1.165, 1.54) is 18.4 Å². The predicted octanol–water partition coefficient (Wildman–Crippen LogP) is 2.61. The minimum absolute atomic E-state index is 0.525. The van der Waals surface area contributed by atoms with Gasteiger partial charge < -0.3 is 11.1 Å². The molecular formula is C14H16N4. The second-order valence-corrected chi connectivity index (χ2v) is 4.78. The summed E-state index contributed by atoms with van der Waals surface area (Å²) in [6.45, 7) is 2.06. The van der Waals surface area contributed by atoms with E-state index in [1.54, 1.807) is 6.20 Å². The molecule has 1 aromatic heterocycles. The van der Waals surface area contributed by atoms with Crippen molar-refractivity contribution in [3.8, 4) is 11.1 Å². The number of nitrogens with zero attached hydrogens (tertiary/aromatic N) is 2. The van der Waals surface area contributed by atoms with Crippen LogP contribution >= 0.6 is 0 Å². The van der Waals surface area contributed by atoms with Gasteiger partial charge in [0.1, 0.15) is 5.82 Å². The van der Waals surface area contributed by atoms with Gasteiger partial charge in [0.05, 0.1) is 0 Å². The van der Waals surface area contributed by atoms with E-state index in [9.17, 15) is 0 Å². The van der Waals surface area contributed by atoms with Crippen molar-refractivity contribution >= 4 is 11.8 Å². The van der Waals surface area contributed by atoms with Crippen LogP contribution in [0, 0.1) is 6.92 Å². The van der Waals surface area contributed by atoms with Crippen LogP contribution in [0.25, 0.3) is 11.1 Å². The van der Waals surface area contributed by atoms with Crippen LogP contribution in [0.1, 0.15) is 18.4 Å². The van der Waals surface area contributed by atoms with E-state index in [0.717, 1.165) is 11.1 Å². The molecule has 0 atom stereocenters. The summed E-state index contributed by atoms with van der Waals surface area (Å²) in [7, 11) is 0. The van der Waals surface area contributed by atoms with Crippen LogP contribution in [0.15, 0.2) is 30.5 Å². The lowest BCUT2D eigenvalue weighted by Crippen LogP contribution is -2.07. The number of anilines is 2. The van der Waals surface area contributed by atoms with Crippen molar-refractivity contribution in [2.45, 2.75) is 25.8 Å². The van der Waals surface area contributed by atoms with E-state index in [-0.39, 0.29) is 0 Å². The first kappa shape index (κ1) is 11.0. The molecule has 3 N–H and O–H groups in total. The largest absolute Gasteiger partial charge is 0.383 e. The van der Waals surface area contributed by atoms with Gasteiger partial charge in [-0.3, -0.25) is 0 Å². The molecule has 2 aromatic rings. The average molecular weight is 240 g/mol. The van der Waals surface area contributed by atoms with Crippen LogP contribution in [-0.2, 0) is 0 Å². The van der Waals surface area contributed by atoms with Gasteiger partial charge in [-0.2, -0.15) is 4.98 Å². The zero-order valence-electron chi connectivity index (χ0n) is 10.4. The number of benzene rings is 1. The molecule has 0 aliphatic heterocycles. The number of nitrogens with one attached hydrogen (secondary N) is 1. The van der Waals surface area contributed by atoms with Crippen molar-refractivity contribution in [2.75, 3.05) is 11.1 Å². The number of nitrogens with two attached hydrogens (primary N) is 1. The van der Waals surface area contributed by atoms with Gasteiger partial charge in [0.15, 0.2) is 0 Å². The predicted molar refractivity (Wildman–Crippen MR) is 73.3 cm³/mol. The van der Waals surface area contributed by atoms with Gasteiger partial charge in [0.25, 0.3) is 0 Å². The van der Waals surface area contributed by atoms with Crippen LogP contribution in [0.4, 0.5) is 11.8 Å². The van der Waals surface area contributed by atoms with Crippen molar-refractivity contribution in [2.24, 2.45) is 0 Å². The molecule has 1 aromatic carbocycles. The Labute approximate surface area is 106 Å². The number of rotatable bonds is 3. The molecule has 0 saturated heterocycles. The standard InChI is InChI=1S/C14H16N4/c1-9-2-4-10(5-3-9)12-8-16-14(18-13(12)15)17-11-6-7-11/h2-5,8,11H,6-7H2,1H3,(H3,15,16,17,18). The van der Waals surface area contributed by atoms with Gasteiger partial charge in [-0.15, -0.1) is 0 Å². The monoisotopic (exact) mass is 240 g/mol. The molecule has 0 spiro atoms. The van der Waals surface area contributed by atoms with Crippen molar-refractivity contribution in [1.82, 2.24) is 9.97 Å². The summed E-state index contributed by atoms with van der Waals surface area (Å²) in [6, 6.07) is 8.74. The maximum absolute atomic E-state index is 6.00. The van der Waals surface area contributed by atoms with Crippen LogP contribution in [0.5, 0.6) is 0 Å².